The third-order valence-electron chi connectivity index (χ3n) is 4.55. The Hall–Kier alpha value is -2.27. The molecule has 3 heterocycles. The number of hydrogen-bond donors (Lipinski definition) is 0. The first kappa shape index (κ1) is 13.4. The van der Waals surface area contributed by atoms with Gasteiger partial charge in [0, 0.05) is 43.5 Å². The summed E-state index contributed by atoms with van der Waals surface area (Å²) in [7, 11) is 0. The van der Waals surface area contributed by atoms with Crippen molar-refractivity contribution in [2.24, 2.45) is 0 Å². The number of fused-ring (bicyclic) bond motifs is 2. The van der Waals surface area contributed by atoms with Gasteiger partial charge in [-0.15, -0.1) is 0 Å². The molecule has 0 saturated heterocycles. The first-order chi connectivity index (χ1) is 10.8. The maximum absolute atomic E-state index is 5.33. The molecule has 3 aromatic rings. The summed E-state index contributed by atoms with van der Waals surface area (Å²) < 4.78 is 5.33. The van der Waals surface area contributed by atoms with Crippen LogP contribution in [0.1, 0.15) is 29.9 Å². The molecule has 1 aliphatic heterocycles. The van der Waals surface area contributed by atoms with Crippen LogP contribution in [-0.2, 0) is 12.8 Å². The molecule has 1 unspecified atom stereocenters. The van der Waals surface area contributed by atoms with Crippen molar-refractivity contribution < 1.29 is 4.52 Å². The molecule has 1 atom stereocenters. The lowest BCUT2D eigenvalue weighted by Crippen LogP contribution is -2.29. The standard InChI is InChI=1S/C17H18N4O/c1-12(13-2-3-15-16(10-13)19-7-6-18-15)21-8-4-14-11-20-22-17(14)5-9-21/h2-3,6-7,10-12H,4-5,8-9H2,1H3. The Bertz CT molecular complexity index is 775. The second-order valence-electron chi connectivity index (χ2n) is 5.79. The molecule has 0 spiro atoms. The molecule has 112 valence electrons. The van der Waals surface area contributed by atoms with Crippen molar-refractivity contribution in [3.63, 3.8) is 0 Å². The van der Waals surface area contributed by atoms with Gasteiger partial charge in [0.05, 0.1) is 17.2 Å². The fraction of sp³-hybridized carbons (Fsp3) is 0.353. The van der Waals surface area contributed by atoms with Gasteiger partial charge < -0.3 is 4.52 Å². The van der Waals surface area contributed by atoms with Gasteiger partial charge in [-0.2, -0.15) is 0 Å². The SMILES string of the molecule is CC(c1ccc2nccnc2c1)N1CCc2cnoc2CC1. The highest BCUT2D eigenvalue weighted by atomic mass is 16.5. The monoisotopic (exact) mass is 294 g/mol. The van der Waals surface area contributed by atoms with Gasteiger partial charge in [0.1, 0.15) is 5.76 Å². The van der Waals surface area contributed by atoms with Crippen LogP contribution in [0.2, 0.25) is 0 Å². The molecule has 0 aliphatic carbocycles. The van der Waals surface area contributed by atoms with Crippen molar-refractivity contribution in [1.82, 2.24) is 20.0 Å². The average molecular weight is 294 g/mol. The Morgan fingerprint density at radius 2 is 1.91 bits per heavy atom. The molecule has 1 aliphatic rings. The lowest BCUT2D eigenvalue weighted by molar-refractivity contribution is 0.216. The van der Waals surface area contributed by atoms with Crippen LogP contribution >= 0.6 is 0 Å². The van der Waals surface area contributed by atoms with Crippen LogP contribution in [0.15, 0.2) is 41.3 Å². The highest BCUT2D eigenvalue weighted by molar-refractivity contribution is 5.74. The van der Waals surface area contributed by atoms with Gasteiger partial charge in [0.15, 0.2) is 0 Å². The number of rotatable bonds is 2. The normalized spacial score (nSPS) is 17.1. The van der Waals surface area contributed by atoms with Gasteiger partial charge in [-0.25, -0.2) is 0 Å². The predicted molar refractivity (Wildman–Crippen MR) is 83.4 cm³/mol. The average Bonchev–Trinajstić information content (AvgIpc) is 2.92. The van der Waals surface area contributed by atoms with E-state index in [9.17, 15) is 0 Å². The summed E-state index contributed by atoms with van der Waals surface area (Å²) in [6.45, 7) is 4.26. The van der Waals surface area contributed by atoms with E-state index in [2.05, 4.69) is 45.1 Å². The van der Waals surface area contributed by atoms with E-state index in [0.717, 1.165) is 42.7 Å². The second-order valence-corrected chi connectivity index (χ2v) is 5.79. The highest BCUT2D eigenvalue weighted by Crippen LogP contribution is 2.25. The third kappa shape index (κ3) is 2.37. The smallest absolute Gasteiger partial charge is 0.141 e. The molecule has 0 radical (unpaired) electrons. The summed E-state index contributed by atoms with van der Waals surface area (Å²) in [5.74, 6) is 1.04. The fourth-order valence-corrected chi connectivity index (χ4v) is 3.15. The molecule has 0 N–H and O–H groups in total. The molecule has 1 aromatic carbocycles. The Kier molecular flexibility index (Phi) is 3.35. The summed E-state index contributed by atoms with van der Waals surface area (Å²) in [5.41, 5.74) is 4.43. The van der Waals surface area contributed by atoms with Gasteiger partial charge in [-0.05, 0) is 31.0 Å². The van der Waals surface area contributed by atoms with E-state index in [4.69, 9.17) is 4.52 Å². The summed E-state index contributed by atoms with van der Waals surface area (Å²) >= 11 is 0. The van der Waals surface area contributed by atoms with Crippen molar-refractivity contribution >= 4 is 11.0 Å². The third-order valence-corrected chi connectivity index (χ3v) is 4.55. The Labute approximate surface area is 129 Å². The molecule has 0 amide bonds. The molecule has 0 fully saturated rings. The molecule has 2 aromatic heterocycles. The van der Waals surface area contributed by atoms with E-state index in [1.54, 1.807) is 12.4 Å². The van der Waals surface area contributed by atoms with Crippen LogP contribution in [0.25, 0.3) is 11.0 Å². The minimum absolute atomic E-state index is 0.350. The van der Waals surface area contributed by atoms with E-state index < -0.39 is 0 Å². The van der Waals surface area contributed by atoms with Gasteiger partial charge in [-0.1, -0.05) is 11.2 Å². The van der Waals surface area contributed by atoms with Gasteiger partial charge >= 0.3 is 0 Å². The van der Waals surface area contributed by atoms with Crippen molar-refractivity contribution in [1.29, 1.82) is 0 Å². The summed E-state index contributed by atoms with van der Waals surface area (Å²) in [4.78, 5) is 11.2. The Morgan fingerprint density at radius 3 is 2.82 bits per heavy atom. The van der Waals surface area contributed by atoms with Gasteiger partial charge in [0.25, 0.3) is 0 Å². The van der Waals surface area contributed by atoms with Crippen molar-refractivity contribution in [3.8, 4) is 0 Å². The zero-order valence-electron chi connectivity index (χ0n) is 12.6. The maximum atomic E-state index is 5.33. The molecular formula is C17H18N4O. The summed E-state index contributed by atoms with van der Waals surface area (Å²) in [5, 5.41) is 3.90. The molecule has 5 heteroatoms. The summed E-state index contributed by atoms with van der Waals surface area (Å²) in [6, 6.07) is 6.71. The molecule has 0 saturated carbocycles. The number of benzene rings is 1. The minimum atomic E-state index is 0.350. The number of hydrogen-bond acceptors (Lipinski definition) is 5. The Morgan fingerprint density at radius 1 is 1.09 bits per heavy atom. The first-order valence-electron chi connectivity index (χ1n) is 7.68. The quantitative estimate of drug-likeness (QED) is 0.727. The van der Waals surface area contributed by atoms with Crippen LogP contribution in [0.4, 0.5) is 0 Å². The summed E-state index contributed by atoms with van der Waals surface area (Å²) in [6.07, 6.45) is 7.25. The molecular weight excluding hydrogens is 276 g/mol. The Balaban J connectivity index is 1.57. The van der Waals surface area contributed by atoms with Gasteiger partial charge in [0.2, 0.25) is 0 Å². The second kappa shape index (κ2) is 5.50. The van der Waals surface area contributed by atoms with E-state index in [1.807, 2.05) is 6.20 Å². The van der Waals surface area contributed by atoms with Crippen molar-refractivity contribution in [3.05, 3.63) is 53.7 Å². The molecule has 0 bridgehead atoms. The van der Waals surface area contributed by atoms with Crippen LogP contribution in [0.5, 0.6) is 0 Å². The molecule has 22 heavy (non-hydrogen) atoms. The van der Waals surface area contributed by atoms with Crippen LogP contribution in [-0.4, -0.2) is 33.1 Å². The maximum Gasteiger partial charge on any atom is 0.141 e. The van der Waals surface area contributed by atoms with E-state index in [0.29, 0.717) is 6.04 Å². The minimum Gasteiger partial charge on any atom is -0.361 e. The zero-order chi connectivity index (χ0) is 14.9. The molecule has 5 nitrogen and oxygen atoms in total. The van der Waals surface area contributed by atoms with Gasteiger partial charge in [-0.3, -0.25) is 14.9 Å². The van der Waals surface area contributed by atoms with Crippen LogP contribution in [0, 0.1) is 0 Å². The fourth-order valence-electron chi connectivity index (χ4n) is 3.15. The number of aromatic nitrogens is 3. The lowest BCUT2D eigenvalue weighted by Gasteiger charge is -2.27. The predicted octanol–water partition coefficient (Wildman–Crippen LogP) is 2.78. The van der Waals surface area contributed by atoms with E-state index >= 15 is 0 Å². The van der Waals surface area contributed by atoms with Crippen molar-refractivity contribution in [2.75, 3.05) is 13.1 Å². The van der Waals surface area contributed by atoms with Crippen LogP contribution < -0.4 is 0 Å². The largest absolute Gasteiger partial charge is 0.361 e. The number of nitrogens with zero attached hydrogens (tertiary/aromatic N) is 4. The highest BCUT2D eigenvalue weighted by Gasteiger charge is 2.22. The molecule has 4 rings (SSSR count). The first-order valence-corrected chi connectivity index (χ1v) is 7.68. The topological polar surface area (TPSA) is 55.1 Å². The lowest BCUT2D eigenvalue weighted by atomic mass is 10.1. The van der Waals surface area contributed by atoms with E-state index in [-0.39, 0.29) is 0 Å². The van der Waals surface area contributed by atoms with E-state index in [1.165, 1.54) is 11.1 Å². The van der Waals surface area contributed by atoms with Crippen molar-refractivity contribution in [2.45, 2.75) is 25.8 Å². The van der Waals surface area contributed by atoms with Crippen LogP contribution in [0.3, 0.4) is 0 Å². The zero-order valence-corrected chi connectivity index (χ0v) is 12.6.